The molecule has 0 fully saturated rings. The van der Waals surface area contributed by atoms with Gasteiger partial charge >= 0.3 is 0 Å². The molecule has 0 radical (unpaired) electrons. The van der Waals surface area contributed by atoms with E-state index in [2.05, 4.69) is 0 Å². The summed E-state index contributed by atoms with van der Waals surface area (Å²) in [5.41, 5.74) is 0.600. The summed E-state index contributed by atoms with van der Waals surface area (Å²) in [6, 6.07) is 15.1. The van der Waals surface area contributed by atoms with Crippen LogP contribution in [0.5, 0.6) is 28.7 Å². The smallest absolute Gasteiger partial charge is 0.204 e. The number of fused-ring (bicyclic) bond motifs is 2. The number of phenols is 5. The molecule has 5 N–H and O–H groups in total. The fraction of sp³-hybridized carbons (Fsp3) is 0. The third kappa shape index (κ3) is 3.89. The summed E-state index contributed by atoms with van der Waals surface area (Å²) in [4.78, 5) is 26.3. The van der Waals surface area contributed by atoms with Crippen LogP contribution in [0.3, 0.4) is 0 Å². The molecule has 6 rings (SSSR count). The second-order valence-corrected chi connectivity index (χ2v) is 8.94. The third-order valence-electron chi connectivity index (χ3n) is 6.51. The van der Waals surface area contributed by atoms with Crippen molar-refractivity contribution in [1.29, 1.82) is 0 Å². The first-order valence-corrected chi connectivity index (χ1v) is 11.6. The number of hydrogen-bond acceptors (Lipinski definition) is 9. The van der Waals surface area contributed by atoms with Crippen LogP contribution < -0.4 is 10.9 Å². The number of aromatic hydroxyl groups is 5. The number of benzene rings is 4. The van der Waals surface area contributed by atoms with Gasteiger partial charge in [0.1, 0.15) is 57.8 Å². The third-order valence-corrected chi connectivity index (χ3v) is 6.51. The van der Waals surface area contributed by atoms with Crippen molar-refractivity contribution < 1.29 is 34.4 Å². The van der Waals surface area contributed by atoms with Crippen molar-refractivity contribution >= 4 is 21.9 Å². The van der Waals surface area contributed by atoms with E-state index in [1.165, 1.54) is 73.2 Å². The molecular formula is C30H18O9. The Morgan fingerprint density at radius 2 is 1.05 bits per heavy atom. The Hall–Kier alpha value is -5.70. The zero-order valence-corrected chi connectivity index (χ0v) is 19.9. The maximum absolute atomic E-state index is 13.2. The lowest BCUT2D eigenvalue weighted by Gasteiger charge is -2.12. The average molecular weight is 522 g/mol. The Morgan fingerprint density at radius 1 is 0.487 bits per heavy atom. The van der Waals surface area contributed by atoms with Crippen molar-refractivity contribution in [2.75, 3.05) is 0 Å². The van der Waals surface area contributed by atoms with Crippen LogP contribution in [0.15, 0.2) is 97.7 Å². The van der Waals surface area contributed by atoms with Crippen LogP contribution in [0.1, 0.15) is 0 Å². The van der Waals surface area contributed by atoms with Gasteiger partial charge in [0.05, 0.1) is 16.5 Å². The van der Waals surface area contributed by atoms with E-state index in [0.717, 1.165) is 6.07 Å². The quantitative estimate of drug-likeness (QED) is 0.204. The molecule has 9 heteroatoms. The van der Waals surface area contributed by atoms with E-state index in [4.69, 9.17) is 8.83 Å². The number of rotatable bonds is 3. The summed E-state index contributed by atoms with van der Waals surface area (Å²) in [6.07, 6.45) is 2.43. The van der Waals surface area contributed by atoms with E-state index in [0.29, 0.717) is 11.1 Å². The summed E-state index contributed by atoms with van der Waals surface area (Å²) in [7, 11) is 0. The lowest BCUT2D eigenvalue weighted by molar-refractivity contribution is 0.452. The Labute approximate surface area is 218 Å². The van der Waals surface area contributed by atoms with Gasteiger partial charge in [-0.25, -0.2) is 0 Å². The zero-order valence-electron chi connectivity index (χ0n) is 19.9. The van der Waals surface area contributed by atoms with E-state index in [1.54, 1.807) is 0 Å². The predicted molar refractivity (Wildman–Crippen MR) is 143 cm³/mol. The van der Waals surface area contributed by atoms with Crippen molar-refractivity contribution in [3.8, 4) is 62.1 Å². The van der Waals surface area contributed by atoms with Crippen molar-refractivity contribution in [2.45, 2.75) is 0 Å². The molecule has 39 heavy (non-hydrogen) atoms. The molecule has 0 saturated carbocycles. The summed E-state index contributed by atoms with van der Waals surface area (Å²) in [5.74, 6) is -1.16. The first-order chi connectivity index (χ1) is 18.7. The first-order valence-electron chi connectivity index (χ1n) is 11.6. The molecule has 6 aromatic rings. The van der Waals surface area contributed by atoms with Crippen LogP contribution in [-0.2, 0) is 0 Å². The normalized spacial score (nSPS) is 11.3. The van der Waals surface area contributed by atoms with Gasteiger partial charge in [-0.1, -0.05) is 12.1 Å². The Morgan fingerprint density at radius 3 is 1.69 bits per heavy atom. The lowest BCUT2D eigenvalue weighted by atomic mass is 9.95. The van der Waals surface area contributed by atoms with Gasteiger partial charge in [-0.3, -0.25) is 9.59 Å². The minimum Gasteiger partial charge on any atom is -0.508 e. The van der Waals surface area contributed by atoms with Crippen LogP contribution in [0.2, 0.25) is 0 Å². The molecule has 0 bridgehead atoms. The van der Waals surface area contributed by atoms with Crippen LogP contribution in [0.4, 0.5) is 0 Å². The van der Waals surface area contributed by atoms with E-state index < -0.39 is 11.2 Å². The molecule has 0 aliphatic heterocycles. The highest BCUT2D eigenvalue weighted by atomic mass is 16.3. The molecule has 2 heterocycles. The highest BCUT2D eigenvalue weighted by Crippen LogP contribution is 2.40. The first kappa shape index (κ1) is 23.7. The molecule has 0 aliphatic carbocycles. The molecule has 0 aliphatic rings. The van der Waals surface area contributed by atoms with Gasteiger partial charge in [0, 0.05) is 29.3 Å². The average Bonchev–Trinajstić information content (AvgIpc) is 2.90. The standard InChI is InChI=1S/C30H18O9/c31-16-3-4-18-26(10-16)38-12-21(29(18)36)14-1-5-23(33)19(7-14)20-8-15(2-6-24(20)34)22-13-39-27-11-17(32)9-25(35)28(27)30(22)37/h1-13,31-35H. The Kier molecular flexibility index (Phi) is 5.28. The van der Waals surface area contributed by atoms with E-state index >= 15 is 0 Å². The summed E-state index contributed by atoms with van der Waals surface area (Å²) >= 11 is 0. The molecule has 0 saturated heterocycles. The highest BCUT2D eigenvalue weighted by Gasteiger charge is 2.18. The second-order valence-electron chi connectivity index (χ2n) is 8.94. The fourth-order valence-electron chi connectivity index (χ4n) is 4.57. The minimum absolute atomic E-state index is 0.00461. The maximum atomic E-state index is 13.2. The fourth-order valence-corrected chi connectivity index (χ4v) is 4.57. The topological polar surface area (TPSA) is 162 Å². The van der Waals surface area contributed by atoms with Gasteiger partial charge in [-0.15, -0.1) is 0 Å². The SMILES string of the molecule is O=c1c(-c2ccc(O)c(-c3cc(-c4coc5cc(O)cc(O)c5c4=O)ccc3O)c2)coc2cc(O)ccc12. The molecule has 0 spiro atoms. The summed E-state index contributed by atoms with van der Waals surface area (Å²) < 4.78 is 11.0. The molecule has 0 unspecified atom stereocenters. The van der Waals surface area contributed by atoms with Gasteiger partial charge in [0.2, 0.25) is 5.43 Å². The Bertz CT molecular complexity index is 2070. The van der Waals surface area contributed by atoms with Crippen molar-refractivity contribution in [1.82, 2.24) is 0 Å². The van der Waals surface area contributed by atoms with Gasteiger partial charge in [-0.05, 0) is 47.5 Å². The molecule has 0 amide bonds. The van der Waals surface area contributed by atoms with E-state index in [9.17, 15) is 35.1 Å². The van der Waals surface area contributed by atoms with Gasteiger partial charge < -0.3 is 34.4 Å². The second kappa shape index (κ2) is 8.70. The molecule has 9 nitrogen and oxygen atoms in total. The van der Waals surface area contributed by atoms with Gasteiger partial charge in [-0.2, -0.15) is 0 Å². The van der Waals surface area contributed by atoms with Crippen molar-refractivity contribution in [2.24, 2.45) is 0 Å². The minimum atomic E-state index is -0.567. The van der Waals surface area contributed by atoms with Crippen molar-refractivity contribution in [3.63, 3.8) is 0 Å². The highest BCUT2D eigenvalue weighted by molar-refractivity contribution is 5.90. The number of phenolic OH excluding ortho intramolecular Hbond substituents is 5. The van der Waals surface area contributed by atoms with Gasteiger partial charge in [0.25, 0.3) is 0 Å². The Balaban J connectivity index is 1.50. The molecule has 4 aromatic carbocycles. The predicted octanol–water partition coefficient (Wildman–Crippen LogP) is 5.43. The van der Waals surface area contributed by atoms with Crippen molar-refractivity contribution in [3.05, 3.63) is 99.7 Å². The van der Waals surface area contributed by atoms with Crippen LogP contribution in [-0.4, -0.2) is 25.5 Å². The van der Waals surface area contributed by atoms with E-state index in [1.807, 2.05) is 0 Å². The molecule has 0 atom stereocenters. The molecule has 192 valence electrons. The molecule has 2 aromatic heterocycles. The van der Waals surface area contributed by atoms with Gasteiger partial charge in [0.15, 0.2) is 5.43 Å². The van der Waals surface area contributed by atoms with Crippen LogP contribution >= 0.6 is 0 Å². The lowest BCUT2D eigenvalue weighted by Crippen LogP contribution is -2.05. The van der Waals surface area contributed by atoms with E-state index in [-0.39, 0.29) is 72.6 Å². The molecular weight excluding hydrogens is 504 g/mol. The number of hydrogen-bond donors (Lipinski definition) is 5. The summed E-state index contributed by atoms with van der Waals surface area (Å²) in [5, 5.41) is 51.0. The largest absolute Gasteiger partial charge is 0.508 e. The monoisotopic (exact) mass is 522 g/mol. The van der Waals surface area contributed by atoms with Crippen LogP contribution in [0.25, 0.3) is 55.3 Å². The zero-order chi connectivity index (χ0) is 27.4. The maximum Gasteiger partial charge on any atom is 0.204 e. The summed E-state index contributed by atoms with van der Waals surface area (Å²) in [6.45, 7) is 0. The van der Waals surface area contributed by atoms with Crippen LogP contribution in [0, 0.1) is 0 Å².